The van der Waals surface area contributed by atoms with Gasteiger partial charge in [0.15, 0.2) is 6.10 Å². The molecule has 0 aliphatic rings. The number of nitrogens with one attached hydrogen (secondary N) is 1. The summed E-state index contributed by atoms with van der Waals surface area (Å²) < 4.78 is 5.92. The van der Waals surface area contributed by atoms with Crippen molar-refractivity contribution in [2.75, 3.05) is 0 Å². The first-order valence-corrected chi connectivity index (χ1v) is 10.5. The highest BCUT2D eigenvalue weighted by atomic mass is 35.5. The fourth-order valence-corrected chi connectivity index (χ4v) is 3.46. The van der Waals surface area contributed by atoms with Crippen LogP contribution in [-0.4, -0.2) is 33.1 Å². The standard InChI is InChI=1S/C24H31ClN2O4/c1-13-17(15-9-11-16(25)12-10-15)18(20(22(29)30)31-24(6,7)8)14(2)26-19(13)21(28)27-23(3,4)5/h9-12,20H,1-8H3,(H,27,28)(H,29,30)/t20-/m0/s1. The van der Waals surface area contributed by atoms with Gasteiger partial charge in [0.1, 0.15) is 5.69 Å². The normalized spacial score (nSPS) is 13.1. The van der Waals surface area contributed by atoms with E-state index in [0.717, 1.165) is 5.56 Å². The molecule has 1 aromatic carbocycles. The maximum absolute atomic E-state index is 13.0. The van der Waals surface area contributed by atoms with Crippen LogP contribution in [-0.2, 0) is 9.53 Å². The lowest BCUT2D eigenvalue weighted by molar-refractivity contribution is -0.160. The molecule has 31 heavy (non-hydrogen) atoms. The van der Waals surface area contributed by atoms with Crippen LogP contribution in [0.25, 0.3) is 11.1 Å². The number of rotatable bonds is 5. The van der Waals surface area contributed by atoms with Crippen molar-refractivity contribution in [3.05, 3.63) is 51.8 Å². The summed E-state index contributed by atoms with van der Waals surface area (Å²) in [6.07, 6.45) is -1.25. The second-order valence-electron chi connectivity index (χ2n) is 9.62. The Bertz CT molecular complexity index is 987. The molecule has 168 valence electrons. The summed E-state index contributed by atoms with van der Waals surface area (Å²) in [7, 11) is 0. The Kier molecular flexibility index (Phi) is 7.18. The number of halogens is 1. The first kappa shape index (κ1) is 24.8. The van der Waals surface area contributed by atoms with Crippen LogP contribution in [0.4, 0.5) is 0 Å². The average molecular weight is 447 g/mol. The van der Waals surface area contributed by atoms with Crippen molar-refractivity contribution < 1.29 is 19.4 Å². The van der Waals surface area contributed by atoms with Crippen molar-refractivity contribution in [2.24, 2.45) is 0 Å². The summed E-state index contributed by atoms with van der Waals surface area (Å²) >= 11 is 6.07. The number of amides is 1. The molecule has 2 rings (SSSR count). The summed E-state index contributed by atoms with van der Waals surface area (Å²) in [4.78, 5) is 29.7. The van der Waals surface area contributed by atoms with E-state index in [1.165, 1.54) is 0 Å². The van der Waals surface area contributed by atoms with Gasteiger partial charge in [-0.3, -0.25) is 4.79 Å². The van der Waals surface area contributed by atoms with Crippen LogP contribution in [0, 0.1) is 13.8 Å². The Morgan fingerprint density at radius 3 is 2.06 bits per heavy atom. The molecule has 1 amide bonds. The summed E-state index contributed by atoms with van der Waals surface area (Å²) in [5, 5.41) is 13.5. The van der Waals surface area contributed by atoms with Gasteiger partial charge < -0.3 is 15.2 Å². The van der Waals surface area contributed by atoms with Gasteiger partial charge in [0, 0.05) is 21.8 Å². The van der Waals surface area contributed by atoms with Gasteiger partial charge in [0.25, 0.3) is 5.91 Å². The van der Waals surface area contributed by atoms with E-state index < -0.39 is 23.2 Å². The summed E-state index contributed by atoms with van der Waals surface area (Å²) in [5.74, 6) is -1.44. The third-order valence-electron chi connectivity index (χ3n) is 4.46. The van der Waals surface area contributed by atoms with Crippen LogP contribution in [0.2, 0.25) is 5.02 Å². The summed E-state index contributed by atoms with van der Waals surface area (Å²) in [5.41, 5.74) is 1.87. The minimum Gasteiger partial charge on any atom is -0.479 e. The van der Waals surface area contributed by atoms with Crippen LogP contribution in [0.1, 0.15) is 75.0 Å². The van der Waals surface area contributed by atoms with E-state index in [1.54, 1.807) is 58.9 Å². The van der Waals surface area contributed by atoms with E-state index in [9.17, 15) is 14.7 Å². The van der Waals surface area contributed by atoms with Gasteiger partial charge in [-0.15, -0.1) is 0 Å². The first-order chi connectivity index (χ1) is 14.1. The van der Waals surface area contributed by atoms with Gasteiger partial charge in [-0.1, -0.05) is 23.7 Å². The molecule has 0 radical (unpaired) electrons. The number of nitrogens with zero attached hydrogens (tertiary/aromatic N) is 1. The van der Waals surface area contributed by atoms with E-state index in [2.05, 4.69) is 10.3 Å². The Labute approximate surface area is 189 Å². The monoisotopic (exact) mass is 446 g/mol. The third-order valence-corrected chi connectivity index (χ3v) is 4.72. The molecule has 0 unspecified atom stereocenters. The van der Waals surface area contributed by atoms with Crippen molar-refractivity contribution in [1.29, 1.82) is 0 Å². The summed E-state index contributed by atoms with van der Waals surface area (Å²) in [6, 6.07) is 7.06. The molecular weight excluding hydrogens is 416 g/mol. The van der Waals surface area contributed by atoms with Gasteiger partial charge in [-0.05, 0) is 84.2 Å². The number of carboxylic acids is 1. The predicted molar refractivity (Wildman–Crippen MR) is 123 cm³/mol. The topological polar surface area (TPSA) is 88.5 Å². The highest BCUT2D eigenvalue weighted by Crippen LogP contribution is 2.38. The Balaban J connectivity index is 2.83. The second kappa shape index (κ2) is 8.97. The van der Waals surface area contributed by atoms with E-state index in [1.807, 2.05) is 20.8 Å². The second-order valence-corrected chi connectivity index (χ2v) is 10.1. The van der Waals surface area contributed by atoms with Crippen molar-refractivity contribution in [3.63, 3.8) is 0 Å². The zero-order valence-electron chi connectivity index (χ0n) is 19.4. The van der Waals surface area contributed by atoms with Crippen LogP contribution in [0.5, 0.6) is 0 Å². The van der Waals surface area contributed by atoms with E-state index >= 15 is 0 Å². The van der Waals surface area contributed by atoms with E-state index in [4.69, 9.17) is 16.3 Å². The van der Waals surface area contributed by atoms with Crippen LogP contribution in [0.3, 0.4) is 0 Å². The minimum absolute atomic E-state index is 0.251. The number of aryl methyl sites for hydroxylation is 1. The molecule has 6 nitrogen and oxygen atoms in total. The van der Waals surface area contributed by atoms with Gasteiger partial charge in [0.2, 0.25) is 0 Å². The lowest BCUT2D eigenvalue weighted by Gasteiger charge is -2.29. The van der Waals surface area contributed by atoms with E-state index in [0.29, 0.717) is 27.4 Å². The van der Waals surface area contributed by atoms with Gasteiger partial charge >= 0.3 is 5.97 Å². The quantitative estimate of drug-likeness (QED) is 0.634. The third kappa shape index (κ3) is 6.28. The number of aromatic nitrogens is 1. The number of benzene rings is 1. The largest absolute Gasteiger partial charge is 0.479 e. The average Bonchev–Trinajstić information content (AvgIpc) is 2.59. The lowest BCUT2D eigenvalue weighted by Crippen LogP contribution is -2.41. The van der Waals surface area contributed by atoms with Gasteiger partial charge in [-0.2, -0.15) is 0 Å². The number of hydrogen-bond donors (Lipinski definition) is 2. The fraction of sp³-hybridized carbons (Fsp3) is 0.458. The number of carbonyl (C=O) groups excluding carboxylic acids is 1. The van der Waals surface area contributed by atoms with Gasteiger partial charge in [-0.25, -0.2) is 9.78 Å². The summed E-state index contributed by atoms with van der Waals surface area (Å²) in [6.45, 7) is 14.5. The number of carboxylic acid groups (broad SMARTS) is 1. The van der Waals surface area contributed by atoms with Crippen LogP contribution >= 0.6 is 11.6 Å². The van der Waals surface area contributed by atoms with Crippen molar-refractivity contribution in [3.8, 4) is 11.1 Å². The van der Waals surface area contributed by atoms with Crippen molar-refractivity contribution >= 4 is 23.5 Å². The van der Waals surface area contributed by atoms with Crippen molar-refractivity contribution in [1.82, 2.24) is 10.3 Å². The molecule has 0 spiro atoms. The molecule has 0 bridgehead atoms. The number of ether oxygens (including phenoxy) is 1. The number of carbonyl (C=O) groups is 2. The minimum atomic E-state index is -1.25. The predicted octanol–water partition coefficient (Wildman–Crippen LogP) is 5.49. The molecule has 1 heterocycles. The molecule has 2 aromatic rings. The SMILES string of the molecule is Cc1nc(C(=O)NC(C)(C)C)c(C)c(-c2ccc(Cl)cc2)c1[C@H](OC(C)(C)C)C(=O)O. The zero-order valence-corrected chi connectivity index (χ0v) is 20.1. The number of pyridine rings is 1. The first-order valence-electron chi connectivity index (χ1n) is 10.1. The molecule has 0 aliphatic carbocycles. The maximum Gasteiger partial charge on any atom is 0.337 e. The highest BCUT2D eigenvalue weighted by molar-refractivity contribution is 6.30. The maximum atomic E-state index is 13.0. The molecule has 1 aromatic heterocycles. The molecule has 0 fully saturated rings. The van der Waals surface area contributed by atoms with Crippen LogP contribution < -0.4 is 5.32 Å². The molecule has 0 saturated heterocycles. The molecule has 1 atom stereocenters. The van der Waals surface area contributed by atoms with E-state index in [-0.39, 0.29) is 11.6 Å². The van der Waals surface area contributed by atoms with Gasteiger partial charge in [0.05, 0.1) is 5.60 Å². The molecule has 2 N–H and O–H groups in total. The highest BCUT2D eigenvalue weighted by Gasteiger charge is 2.33. The Hall–Kier alpha value is -2.44. The fourth-order valence-electron chi connectivity index (χ4n) is 3.33. The number of aliphatic carboxylic acids is 1. The molecule has 0 aliphatic heterocycles. The molecule has 0 saturated carbocycles. The Morgan fingerprint density at radius 1 is 1.06 bits per heavy atom. The zero-order chi connectivity index (χ0) is 23.7. The van der Waals surface area contributed by atoms with Crippen molar-refractivity contribution in [2.45, 2.75) is 72.6 Å². The number of hydrogen-bond acceptors (Lipinski definition) is 4. The molecular formula is C24H31ClN2O4. The smallest absolute Gasteiger partial charge is 0.337 e. The molecule has 7 heteroatoms. The Morgan fingerprint density at radius 2 is 1.61 bits per heavy atom. The lowest BCUT2D eigenvalue weighted by atomic mass is 9.89. The van der Waals surface area contributed by atoms with Crippen LogP contribution in [0.15, 0.2) is 24.3 Å².